The van der Waals surface area contributed by atoms with Crippen molar-refractivity contribution in [2.75, 3.05) is 46.4 Å². The highest BCUT2D eigenvalue weighted by molar-refractivity contribution is 7.89. The van der Waals surface area contributed by atoms with Crippen molar-refractivity contribution in [3.63, 3.8) is 0 Å². The highest BCUT2D eigenvalue weighted by Crippen LogP contribution is 2.26. The van der Waals surface area contributed by atoms with Gasteiger partial charge in [0.05, 0.1) is 13.2 Å². The summed E-state index contributed by atoms with van der Waals surface area (Å²) >= 11 is 0. The van der Waals surface area contributed by atoms with Gasteiger partial charge in [-0.3, -0.25) is 4.90 Å². The largest absolute Gasteiger partial charge is 0.379 e. The maximum atomic E-state index is 12.9. The standard InChI is InChI=1S/C16H23N3O3S/c1-17-13-16(14-5-3-4-6-15(14)17)23(20,21)18(2)7-8-19-9-11-22-12-10-19/h3-6,13H,7-12H2,1-2H3. The van der Waals surface area contributed by atoms with E-state index in [4.69, 9.17) is 4.74 Å². The number of rotatable bonds is 5. The Bertz CT molecular complexity index is 779. The lowest BCUT2D eigenvalue weighted by molar-refractivity contribution is 0.0368. The van der Waals surface area contributed by atoms with E-state index in [-0.39, 0.29) is 0 Å². The van der Waals surface area contributed by atoms with Gasteiger partial charge in [0, 0.05) is 57.4 Å². The average molecular weight is 337 g/mol. The number of para-hydroxylation sites is 1. The Morgan fingerprint density at radius 1 is 1.22 bits per heavy atom. The number of sulfonamides is 1. The lowest BCUT2D eigenvalue weighted by Crippen LogP contribution is -2.41. The Morgan fingerprint density at radius 3 is 2.65 bits per heavy atom. The molecule has 1 aliphatic heterocycles. The molecular formula is C16H23N3O3S. The molecule has 1 fully saturated rings. The number of aromatic nitrogens is 1. The highest BCUT2D eigenvalue weighted by atomic mass is 32.2. The van der Waals surface area contributed by atoms with Crippen LogP contribution in [0, 0.1) is 0 Å². The number of likely N-dealkylation sites (N-methyl/N-ethyl adjacent to an activating group) is 1. The van der Waals surface area contributed by atoms with Crippen molar-refractivity contribution < 1.29 is 13.2 Å². The highest BCUT2D eigenvalue weighted by Gasteiger charge is 2.25. The molecule has 6 nitrogen and oxygen atoms in total. The first kappa shape index (κ1) is 16.4. The van der Waals surface area contributed by atoms with E-state index in [9.17, 15) is 8.42 Å². The lowest BCUT2D eigenvalue weighted by atomic mass is 10.2. The maximum absolute atomic E-state index is 12.9. The number of aryl methyl sites for hydroxylation is 1. The predicted molar refractivity (Wildman–Crippen MR) is 90.0 cm³/mol. The second-order valence-corrected chi connectivity index (χ2v) is 7.92. The fourth-order valence-electron chi connectivity index (χ4n) is 2.91. The quantitative estimate of drug-likeness (QED) is 0.821. The number of fused-ring (bicyclic) bond motifs is 1. The van der Waals surface area contributed by atoms with Crippen LogP contribution in [-0.2, 0) is 21.8 Å². The van der Waals surface area contributed by atoms with Crippen LogP contribution in [0.15, 0.2) is 35.4 Å². The molecule has 0 amide bonds. The Hall–Kier alpha value is -1.41. The van der Waals surface area contributed by atoms with E-state index >= 15 is 0 Å². The van der Waals surface area contributed by atoms with Gasteiger partial charge in [-0.1, -0.05) is 18.2 Å². The van der Waals surface area contributed by atoms with Crippen molar-refractivity contribution in [3.05, 3.63) is 30.5 Å². The summed E-state index contributed by atoms with van der Waals surface area (Å²) in [5, 5.41) is 0.772. The lowest BCUT2D eigenvalue weighted by Gasteiger charge is -2.28. The molecule has 0 N–H and O–H groups in total. The molecule has 0 spiro atoms. The van der Waals surface area contributed by atoms with Gasteiger partial charge < -0.3 is 9.30 Å². The summed E-state index contributed by atoms with van der Waals surface area (Å²) < 4.78 is 34.4. The second-order valence-electron chi connectivity index (χ2n) is 5.90. The van der Waals surface area contributed by atoms with E-state index in [1.54, 1.807) is 13.2 Å². The van der Waals surface area contributed by atoms with E-state index in [1.807, 2.05) is 35.9 Å². The Morgan fingerprint density at radius 2 is 1.91 bits per heavy atom. The van der Waals surface area contributed by atoms with Crippen molar-refractivity contribution in [2.45, 2.75) is 4.90 Å². The van der Waals surface area contributed by atoms with Gasteiger partial charge in [0.15, 0.2) is 0 Å². The number of nitrogens with zero attached hydrogens (tertiary/aromatic N) is 3. The molecule has 126 valence electrons. The smallest absolute Gasteiger partial charge is 0.244 e. The fraction of sp³-hybridized carbons (Fsp3) is 0.500. The van der Waals surface area contributed by atoms with E-state index in [0.29, 0.717) is 11.4 Å². The number of benzene rings is 1. The van der Waals surface area contributed by atoms with Crippen LogP contribution in [0.3, 0.4) is 0 Å². The summed E-state index contributed by atoms with van der Waals surface area (Å²) in [5.41, 5.74) is 0.924. The van der Waals surface area contributed by atoms with E-state index in [1.165, 1.54) is 4.31 Å². The number of ether oxygens (including phenoxy) is 1. The molecule has 0 saturated carbocycles. The zero-order valence-electron chi connectivity index (χ0n) is 13.6. The van der Waals surface area contributed by atoms with E-state index in [2.05, 4.69) is 4.90 Å². The van der Waals surface area contributed by atoms with Crippen LogP contribution in [0.5, 0.6) is 0 Å². The van der Waals surface area contributed by atoms with Gasteiger partial charge in [-0.05, 0) is 6.07 Å². The monoisotopic (exact) mass is 337 g/mol. The third-order valence-electron chi connectivity index (χ3n) is 4.38. The Labute approximate surface area is 137 Å². The molecular weight excluding hydrogens is 314 g/mol. The minimum Gasteiger partial charge on any atom is -0.379 e. The van der Waals surface area contributed by atoms with Crippen LogP contribution < -0.4 is 0 Å². The first-order chi connectivity index (χ1) is 11.0. The summed E-state index contributed by atoms with van der Waals surface area (Å²) in [6, 6.07) is 7.58. The normalized spacial score (nSPS) is 17.2. The molecule has 1 aliphatic rings. The number of morpholine rings is 1. The van der Waals surface area contributed by atoms with Gasteiger partial charge in [-0.25, -0.2) is 8.42 Å². The minimum absolute atomic E-state index is 0.375. The summed E-state index contributed by atoms with van der Waals surface area (Å²) in [4.78, 5) is 2.61. The van der Waals surface area contributed by atoms with Gasteiger partial charge in [0.25, 0.3) is 0 Å². The molecule has 0 bridgehead atoms. The first-order valence-corrected chi connectivity index (χ1v) is 9.24. The van der Waals surface area contributed by atoms with Crippen LogP contribution >= 0.6 is 0 Å². The van der Waals surface area contributed by atoms with Gasteiger partial charge in [-0.15, -0.1) is 0 Å². The molecule has 23 heavy (non-hydrogen) atoms. The molecule has 7 heteroatoms. The van der Waals surface area contributed by atoms with Crippen LogP contribution in [0.1, 0.15) is 0 Å². The molecule has 1 aromatic heterocycles. The van der Waals surface area contributed by atoms with Crippen molar-refractivity contribution in [2.24, 2.45) is 7.05 Å². The molecule has 0 unspecified atom stereocenters. The molecule has 0 atom stereocenters. The number of hydrogen-bond donors (Lipinski definition) is 0. The van der Waals surface area contributed by atoms with Crippen LogP contribution in [0.25, 0.3) is 10.9 Å². The van der Waals surface area contributed by atoms with Crippen molar-refractivity contribution in [3.8, 4) is 0 Å². The Kier molecular flexibility index (Phi) is 4.72. The second kappa shape index (κ2) is 6.60. The van der Waals surface area contributed by atoms with Gasteiger partial charge >= 0.3 is 0 Å². The summed E-state index contributed by atoms with van der Waals surface area (Å²) in [5.74, 6) is 0. The molecule has 2 heterocycles. The van der Waals surface area contributed by atoms with Crippen LogP contribution in [0.4, 0.5) is 0 Å². The number of hydrogen-bond acceptors (Lipinski definition) is 4. The summed E-state index contributed by atoms with van der Waals surface area (Å²) in [6.07, 6.45) is 1.70. The molecule has 1 saturated heterocycles. The van der Waals surface area contributed by atoms with Crippen LogP contribution in [-0.4, -0.2) is 68.6 Å². The third kappa shape index (κ3) is 3.28. The summed E-state index contributed by atoms with van der Waals surface area (Å²) in [6.45, 7) is 4.37. The van der Waals surface area contributed by atoms with E-state index in [0.717, 1.165) is 43.8 Å². The SMILES string of the molecule is CN(CCN1CCOCC1)S(=O)(=O)c1cn(C)c2ccccc12. The molecule has 0 radical (unpaired) electrons. The zero-order chi connectivity index (χ0) is 16.4. The first-order valence-electron chi connectivity index (χ1n) is 7.80. The van der Waals surface area contributed by atoms with Crippen molar-refractivity contribution in [1.82, 2.24) is 13.8 Å². The van der Waals surface area contributed by atoms with Crippen LogP contribution in [0.2, 0.25) is 0 Å². The third-order valence-corrected chi connectivity index (χ3v) is 6.27. The van der Waals surface area contributed by atoms with Gasteiger partial charge in [0.2, 0.25) is 10.0 Å². The van der Waals surface area contributed by atoms with Gasteiger partial charge in [0.1, 0.15) is 4.90 Å². The zero-order valence-corrected chi connectivity index (χ0v) is 14.4. The minimum atomic E-state index is -3.49. The molecule has 2 aromatic rings. The fourth-order valence-corrected chi connectivity index (χ4v) is 4.30. The predicted octanol–water partition coefficient (Wildman–Crippen LogP) is 1.13. The molecule has 0 aliphatic carbocycles. The van der Waals surface area contributed by atoms with E-state index < -0.39 is 10.0 Å². The molecule has 3 rings (SSSR count). The molecule has 1 aromatic carbocycles. The summed E-state index contributed by atoms with van der Waals surface area (Å²) in [7, 11) is 0.0295. The topological polar surface area (TPSA) is 54.8 Å². The average Bonchev–Trinajstić information content (AvgIpc) is 2.92. The van der Waals surface area contributed by atoms with Crippen molar-refractivity contribution >= 4 is 20.9 Å². The van der Waals surface area contributed by atoms with Gasteiger partial charge in [-0.2, -0.15) is 4.31 Å². The van der Waals surface area contributed by atoms with Crippen molar-refractivity contribution in [1.29, 1.82) is 0 Å². The maximum Gasteiger partial charge on any atom is 0.244 e. The Balaban J connectivity index is 1.79.